The van der Waals surface area contributed by atoms with Gasteiger partial charge in [0.2, 0.25) is 0 Å². The summed E-state index contributed by atoms with van der Waals surface area (Å²) in [6, 6.07) is 10.2. The predicted molar refractivity (Wildman–Crippen MR) is 87.7 cm³/mol. The van der Waals surface area contributed by atoms with E-state index in [4.69, 9.17) is 10.8 Å². The number of rotatable bonds is 6. The van der Waals surface area contributed by atoms with E-state index in [1.54, 1.807) is 0 Å². The van der Waals surface area contributed by atoms with Gasteiger partial charge in [0.15, 0.2) is 0 Å². The summed E-state index contributed by atoms with van der Waals surface area (Å²) in [5, 5.41) is 0. The number of aromatic nitrogens is 2. The molecule has 0 amide bonds. The molecule has 2 aromatic rings. The molecule has 0 radical (unpaired) electrons. The fourth-order valence-corrected chi connectivity index (χ4v) is 2.35. The molecule has 1 heterocycles. The van der Waals surface area contributed by atoms with Gasteiger partial charge in [0.1, 0.15) is 17.5 Å². The van der Waals surface area contributed by atoms with Crippen molar-refractivity contribution in [3.8, 4) is 0 Å². The zero-order valence-corrected chi connectivity index (χ0v) is 12.9. The first kappa shape index (κ1) is 15.3. The first-order chi connectivity index (χ1) is 10.2. The molecule has 3 N–H and O–H groups in total. The summed E-state index contributed by atoms with van der Waals surface area (Å²) in [5.74, 6) is 8.03. The van der Waals surface area contributed by atoms with Crippen molar-refractivity contribution in [3.05, 3.63) is 41.7 Å². The van der Waals surface area contributed by atoms with Crippen LogP contribution in [-0.4, -0.2) is 16.5 Å². The zero-order chi connectivity index (χ0) is 15.2. The highest BCUT2D eigenvalue weighted by Crippen LogP contribution is 2.29. The van der Waals surface area contributed by atoms with Crippen LogP contribution in [0.15, 0.2) is 30.3 Å². The molecular formula is C16H23N5. The van der Waals surface area contributed by atoms with E-state index in [1.807, 2.05) is 25.1 Å². The fourth-order valence-electron chi connectivity index (χ4n) is 2.35. The number of hydrogen-bond donors (Lipinski definition) is 2. The first-order valence-corrected chi connectivity index (χ1v) is 7.37. The van der Waals surface area contributed by atoms with Crippen LogP contribution < -0.4 is 16.2 Å². The highest BCUT2D eigenvalue weighted by molar-refractivity contribution is 5.67. The van der Waals surface area contributed by atoms with Gasteiger partial charge in [-0.25, -0.2) is 15.8 Å². The van der Waals surface area contributed by atoms with Crippen molar-refractivity contribution in [1.29, 1.82) is 0 Å². The maximum atomic E-state index is 5.61. The van der Waals surface area contributed by atoms with Gasteiger partial charge >= 0.3 is 0 Å². The molecule has 0 saturated carbocycles. The van der Waals surface area contributed by atoms with E-state index >= 15 is 0 Å². The Balaban J connectivity index is 2.51. The topological polar surface area (TPSA) is 67.1 Å². The number of nitrogens with two attached hydrogens (primary N) is 1. The molecule has 112 valence electrons. The Kier molecular flexibility index (Phi) is 5.11. The van der Waals surface area contributed by atoms with Crippen molar-refractivity contribution in [1.82, 2.24) is 9.97 Å². The number of benzene rings is 1. The van der Waals surface area contributed by atoms with Crippen LogP contribution in [0.1, 0.15) is 31.7 Å². The Morgan fingerprint density at radius 1 is 1.14 bits per heavy atom. The van der Waals surface area contributed by atoms with Crippen LogP contribution in [0, 0.1) is 6.92 Å². The average Bonchev–Trinajstić information content (AvgIpc) is 2.52. The maximum Gasteiger partial charge on any atom is 0.148 e. The van der Waals surface area contributed by atoms with Crippen molar-refractivity contribution in [3.63, 3.8) is 0 Å². The van der Waals surface area contributed by atoms with Gasteiger partial charge in [0, 0.05) is 24.2 Å². The second kappa shape index (κ2) is 7.04. The van der Waals surface area contributed by atoms with Crippen LogP contribution in [0.3, 0.4) is 0 Å². The number of nitrogens with one attached hydrogen (secondary N) is 1. The van der Waals surface area contributed by atoms with Crippen LogP contribution >= 0.6 is 0 Å². The number of para-hydroxylation sites is 1. The molecule has 0 saturated heterocycles. The van der Waals surface area contributed by atoms with E-state index in [1.165, 1.54) is 0 Å². The van der Waals surface area contributed by atoms with Gasteiger partial charge in [-0.05, 0) is 32.4 Å². The van der Waals surface area contributed by atoms with Crippen LogP contribution in [0.4, 0.5) is 17.3 Å². The lowest BCUT2D eigenvalue weighted by molar-refractivity contribution is 0.821. The quantitative estimate of drug-likeness (QED) is 0.630. The Labute approximate surface area is 126 Å². The van der Waals surface area contributed by atoms with E-state index in [9.17, 15) is 0 Å². The summed E-state index contributed by atoms with van der Waals surface area (Å²) >= 11 is 0. The third kappa shape index (κ3) is 3.31. The first-order valence-electron chi connectivity index (χ1n) is 7.37. The van der Waals surface area contributed by atoms with E-state index in [0.29, 0.717) is 5.82 Å². The minimum Gasteiger partial charge on any atom is -0.326 e. The summed E-state index contributed by atoms with van der Waals surface area (Å²) in [6.07, 6.45) is 1.85. The van der Waals surface area contributed by atoms with Gasteiger partial charge in [-0.1, -0.05) is 25.1 Å². The van der Waals surface area contributed by atoms with Crippen LogP contribution in [0.25, 0.3) is 0 Å². The minimum atomic E-state index is 0.692. The molecule has 1 aromatic heterocycles. The van der Waals surface area contributed by atoms with E-state index in [0.717, 1.165) is 42.3 Å². The second-order valence-electron chi connectivity index (χ2n) is 4.91. The average molecular weight is 285 g/mol. The maximum absolute atomic E-state index is 5.61. The summed E-state index contributed by atoms with van der Waals surface area (Å²) < 4.78 is 0. The summed E-state index contributed by atoms with van der Waals surface area (Å²) in [7, 11) is 0. The molecule has 5 heteroatoms. The summed E-state index contributed by atoms with van der Waals surface area (Å²) in [5.41, 5.74) is 4.77. The normalized spacial score (nSPS) is 10.5. The van der Waals surface area contributed by atoms with Crippen molar-refractivity contribution >= 4 is 17.3 Å². The van der Waals surface area contributed by atoms with E-state index in [2.05, 4.69) is 41.3 Å². The molecule has 0 aliphatic rings. The molecule has 1 aromatic carbocycles. The van der Waals surface area contributed by atoms with Crippen molar-refractivity contribution in [2.75, 3.05) is 16.9 Å². The van der Waals surface area contributed by atoms with Gasteiger partial charge in [-0.2, -0.15) is 0 Å². The Hall–Kier alpha value is -2.14. The zero-order valence-electron chi connectivity index (χ0n) is 12.9. The third-order valence-corrected chi connectivity index (χ3v) is 3.42. The van der Waals surface area contributed by atoms with E-state index in [-0.39, 0.29) is 0 Å². The van der Waals surface area contributed by atoms with E-state index < -0.39 is 0 Å². The molecule has 2 rings (SSSR count). The van der Waals surface area contributed by atoms with Crippen LogP contribution in [0.2, 0.25) is 0 Å². The number of hydrogen-bond acceptors (Lipinski definition) is 5. The largest absolute Gasteiger partial charge is 0.326 e. The molecule has 0 fully saturated rings. The highest BCUT2D eigenvalue weighted by atomic mass is 15.3. The molecule has 0 bridgehead atoms. The summed E-state index contributed by atoms with van der Waals surface area (Å²) in [4.78, 5) is 11.4. The number of nitrogens with zero attached hydrogens (tertiary/aromatic N) is 3. The van der Waals surface area contributed by atoms with Crippen molar-refractivity contribution in [2.24, 2.45) is 5.84 Å². The lowest BCUT2D eigenvalue weighted by Crippen LogP contribution is -2.22. The molecule has 0 unspecified atom stereocenters. The van der Waals surface area contributed by atoms with Gasteiger partial charge in [-0.3, -0.25) is 0 Å². The molecule has 0 atom stereocenters. The predicted octanol–water partition coefficient (Wildman–Crippen LogP) is 3.18. The standard InChI is InChI=1S/C16H23N5/c1-4-9-14-18-15(20-17)12(3)16(19-14)21(5-2)13-10-7-6-8-11-13/h6-8,10-11H,4-5,9,17H2,1-3H3,(H,18,19,20). The van der Waals surface area contributed by atoms with Gasteiger partial charge < -0.3 is 10.3 Å². The number of hydrazine groups is 1. The number of aryl methyl sites for hydroxylation is 1. The van der Waals surface area contributed by atoms with Crippen LogP contribution in [0.5, 0.6) is 0 Å². The van der Waals surface area contributed by atoms with Crippen molar-refractivity contribution < 1.29 is 0 Å². The smallest absolute Gasteiger partial charge is 0.148 e. The Morgan fingerprint density at radius 3 is 2.43 bits per heavy atom. The fraction of sp³-hybridized carbons (Fsp3) is 0.375. The monoisotopic (exact) mass is 285 g/mol. The second-order valence-corrected chi connectivity index (χ2v) is 4.91. The Bertz CT molecular complexity index is 583. The van der Waals surface area contributed by atoms with Gasteiger partial charge in [0.25, 0.3) is 0 Å². The van der Waals surface area contributed by atoms with Crippen molar-refractivity contribution in [2.45, 2.75) is 33.6 Å². The highest BCUT2D eigenvalue weighted by Gasteiger charge is 2.16. The van der Waals surface area contributed by atoms with Crippen LogP contribution in [-0.2, 0) is 6.42 Å². The Morgan fingerprint density at radius 2 is 1.86 bits per heavy atom. The molecule has 0 aliphatic heterocycles. The molecule has 0 aliphatic carbocycles. The minimum absolute atomic E-state index is 0.692. The lowest BCUT2D eigenvalue weighted by atomic mass is 10.2. The lowest BCUT2D eigenvalue weighted by Gasteiger charge is -2.25. The molecule has 0 spiro atoms. The number of nitrogen functional groups attached to an aromatic ring is 1. The third-order valence-electron chi connectivity index (χ3n) is 3.42. The molecule has 5 nitrogen and oxygen atoms in total. The SMILES string of the molecule is CCCc1nc(NN)c(C)c(N(CC)c2ccccc2)n1. The van der Waals surface area contributed by atoms with Gasteiger partial charge in [-0.15, -0.1) is 0 Å². The molecular weight excluding hydrogens is 262 g/mol. The van der Waals surface area contributed by atoms with Gasteiger partial charge in [0.05, 0.1) is 0 Å². The number of anilines is 3. The molecule has 21 heavy (non-hydrogen) atoms. The summed E-state index contributed by atoms with van der Waals surface area (Å²) in [6.45, 7) is 7.06.